The highest BCUT2D eigenvalue weighted by Gasteiger charge is 2.31. The highest BCUT2D eigenvalue weighted by molar-refractivity contribution is 9.10. The normalized spacial score (nSPS) is 14.7. The molecular weight excluding hydrogens is 524 g/mol. The molecule has 2 aromatic rings. The molecule has 1 saturated heterocycles. The molecular formula is C24H25BrN2O4S2. The van der Waals surface area contributed by atoms with Crippen molar-refractivity contribution < 1.29 is 19.1 Å². The van der Waals surface area contributed by atoms with Crippen LogP contribution in [0.15, 0.2) is 45.8 Å². The van der Waals surface area contributed by atoms with Crippen LogP contribution in [0.5, 0.6) is 11.5 Å². The highest BCUT2D eigenvalue weighted by atomic mass is 79.9. The first kappa shape index (κ1) is 25.3. The van der Waals surface area contributed by atoms with Gasteiger partial charge in [0.05, 0.1) is 16.5 Å². The summed E-state index contributed by atoms with van der Waals surface area (Å²) in [5.74, 6) is 0.485. The lowest BCUT2D eigenvalue weighted by Crippen LogP contribution is -2.28. The molecule has 3 rings (SSSR count). The van der Waals surface area contributed by atoms with Crippen LogP contribution in [0.25, 0.3) is 6.08 Å². The minimum atomic E-state index is -0.285. The molecule has 0 saturated carbocycles. The minimum absolute atomic E-state index is 0.0818. The monoisotopic (exact) mass is 548 g/mol. The van der Waals surface area contributed by atoms with Gasteiger partial charge in [-0.3, -0.25) is 14.5 Å². The number of unbranched alkanes of at least 4 members (excludes halogenated alkanes) is 1. The van der Waals surface area contributed by atoms with Crippen molar-refractivity contribution in [3.63, 3.8) is 0 Å². The first-order valence-corrected chi connectivity index (χ1v) is 12.5. The first-order valence-electron chi connectivity index (χ1n) is 10.4. The molecule has 0 unspecified atom stereocenters. The highest BCUT2D eigenvalue weighted by Crippen LogP contribution is 2.39. The number of thiocarbonyl (C=S) groups is 1. The van der Waals surface area contributed by atoms with Crippen LogP contribution >= 0.6 is 39.9 Å². The Morgan fingerprint density at radius 1 is 1.27 bits per heavy atom. The number of rotatable bonds is 9. The Bertz CT molecular complexity index is 1090. The quantitative estimate of drug-likeness (QED) is 0.316. The van der Waals surface area contributed by atoms with Gasteiger partial charge in [-0.2, -0.15) is 0 Å². The summed E-state index contributed by atoms with van der Waals surface area (Å²) in [4.78, 5) is 27.2. The number of carbonyl (C=O) groups is 2. The molecule has 0 radical (unpaired) electrons. The van der Waals surface area contributed by atoms with E-state index in [4.69, 9.17) is 21.7 Å². The van der Waals surface area contributed by atoms with Gasteiger partial charge in [-0.1, -0.05) is 55.0 Å². The molecule has 0 atom stereocenters. The van der Waals surface area contributed by atoms with Crippen molar-refractivity contribution in [2.24, 2.45) is 0 Å². The average molecular weight is 550 g/mol. The number of benzene rings is 2. The Kier molecular flexibility index (Phi) is 8.94. The van der Waals surface area contributed by atoms with Crippen LogP contribution in [0.1, 0.15) is 30.9 Å². The molecule has 1 fully saturated rings. The van der Waals surface area contributed by atoms with E-state index in [1.807, 2.05) is 37.3 Å². The molecule has 0 bridgehead atoms. The number of nitrogens with zero attached hydrogens (tertiary/aromatic N) is 1. The van der Waals surface area contributed by atoms with Gasteiger partial charge < -0.3 is 14.8 Å². The average Bonchev–Trinajstić information content (AvgIpc) is 3.05. The summed E-state index contributed by atoms with van der Waals surface area (Å²) in [6.07, 6.45) is 3.68. The van der Waals surface area contributed by atoms with Gasteiger partial charge in [0.15, 0.2) is 18.1 Å². The van der Waals surface area contributed by atoms with Crippen LogP contribution in [-0.4, -0.2) is 41.3 Å². The number of halogens is 1. The molecule has 0 spiro atoms. The predicted molar refractivity (Wildman–Crippen MR) is 141 cm³/mol. The summed E-state index contributed by atoms with van der Waals surface area (Å²) in [5, 5.41) is 2.80. The molecule has 0 aromatic heterocycles. The number of ether oxygens (including phenoxy) is 2. The van der Waals surface area contributed by atoms with E-state index in [0.29, 0.717) is 37.4 Å². The lowest BCUT2D eigenvalue weighted by molar-refractivity contribution is -0.122. The zero-order valence-corrected chi connectivity index (χ0v) is 21.9. The predicted octanol–water partition coefficient (Wildman–Crippen LogP) is 5.78. The number of nitrogens with one attached hydrogen (secondary N) is 1. The summed E-state index contributed by atoms with van der Waals surface area (Å²) in [6.45, 7) is 4.50. The smallest absolute Gasteiger partial charge is 0.266 e. The molecule has 1 N–H and O–H groups in total. The third-order valence-corrected chi connectivity index (χ3v) is 6.81. The van der Waals surface area contributed by atoms with Gasteiger partial charge >= 0.3 is 0 Å². The first-order chi connectivity index (χ1) is 15.8. The van der Waals surface area contributed by atoms with E-state index in [1.54, 1.807) is 17.0 Å². The van der Waals surface area contributed by atoms with E-state index in [1.165, 1.54) is 18.9 Å². The van der Waals surface area contributed by atoms with Crippen LogP contribution < -0.4 is 14.8 Å². The van der Waals surface area contributed by atoms with E-state index in [2.05, 4.69) is 28.2 Å². The van der Waals surface area contributed by atoms with Crippen molar-refractivity contribution >= 4 is 67.8 Å². The van der Waals surface area contributed by atoms with Crippen LogP contribution in [0.2, 0.25) is 0 Å². The molecule has 9 heteroatoms. The Hall–Kier alpha value is -2.36. The number of amides is 2. The van der Waals surface area contributed by atoms with Gasteiger partial charge in [0.1, 0.15) is 4.32 Å². The van der Waals surface area contributed by atoms with E-state index in [9.17, 15) is 9.59 Å². The summed E-state index contributed by atoms with van der Waals surface area (Å²) < 4.78 is 12.4. The Labute approximate surface area is 211 Å². The summed E-state index contributed by atoms with van der Waals surface area (Å²) >= 11 is 10.2. The number of methoxy groups -OCH3 is 1. The van der Waals surface area contributed by atoms with Crippen LogP contribution in [0, 0.1) is 6.92 Å². The standard InChI is InChI=1S/C24H25BrN2O4S2/c1-4-5-10-27-23(29)20(33-24(27)32)13-16-11-18(25)22(19(12-16)30-3)31-14-21(28)26-17-8-6-15(2)7-9-17/h6-9,11-13H,4-5,10,14H2,1-3H3,(H,26,28)/b20-13-. The summed E-state index contributed by atoms with van der Waals surface area (Å²) in [6, 6.07) is 11.1. The number of thioether (sulfide) groups is 1. The Balaban J connectivity index is 1.71. The molecule has 174 valence electrons. The van der Waals surface area contributed by atoms with Crippen molar-refractivity contribution in [1.29, 1.82) is 0 Å². The van der Waals surface area contributed by atoms with Gasteiger partial charge in [-0.15, -0.1) is 0 Å². The second-order valence-corrected chi connectivity index (χ2v) is 9.95. The fourth-order valence-corrected chi connectivity index (χ4v) is 4.98. The van der Waals surface area contributed by atoms with Crippen molar-refractivity contribution in [2.45, 2.75) is 26.7 Å². The van der Waals surface area contributed by atoms with Gasteiger partial charge in [0.25, 0.3) is 11.8 Å². The third-order valence-electron chi connectivity index (χ3n) is 4.84. The lowest BCUT2D eigenvalue weighted by atomic mass is 10.2. The molecule has 1 aliphatic rings. The van der Waals surface area contributed by atoms with Gasteiger partial charge in [-0.25, -0.2) is 0 Å². The molecule has 1 heterocycles. The summed E-state index contributed by atoms with van der Waals surface area (Å²) in [5.41, 5.74) is 2.57. The lowest BCUT2D eigenvalue weighted by Gasteiger charge is -2.14. The molecule has 33 heavy (non-hydrogen) atoms. The van der Waals surface area contributed by atoms with Crippen LogP contribution in [0.3, 0.4) is 0 Å². The van der Waals surface area contributed by atoms with Gasteiger partial charge in [0, 0.05) is 12.2 Å². The maximum Gasteiger partial charge on any atom is 0.266 e. The fraction of sp³-hybridized carbons (Fsp3) is 0.292. The van der Waals surface area contributed by atoms with E-state index in [0.717, 1.165) is 24.0 Å². The van der Waals surface area contributed by atoms with E-state index < -0.39 is 0 Å². The third kappa shape index (κ3) is 6.59. The number of hydrogen-bond donors (Lipinski definition) is 1. The zero-order chi connectivity index (χ0) is 24.0. The number of anilines is 1. The fourth-order valence-electron chi connectivity index (χ4n) is 3.10. The van der Waals surface area contributed by atoms with Crippen LogP contribution in [-0.2, 0) is 9.59 Å². The topological polar surface area (TPSA) is 67.9 Å². The number of hydrogen-bond acceptors (Lipinski definition) is 6. The second kappa shape index (κ2) is 11.7. The van der Waals surface area contributed by atoms with Crippen molar-refractivity contribution in [3.8, 4) is 11.5 Å². The molecule has 2 aromatic carbocycles. The minimum Gasteiger partial charge on any atom is -0.493 e. The molecule has 2 amide bonds. The Morgan fingerprint density at radius 2 is 2.00 bits per heavy atom. The Morgan fingerprint density at radius 3 is 2.67 bits per heavy atom. The number of aryl methyl sites for hydroxylation is 1. The zero-order valence-electron chi connectivity index (χ0n) is 18.6. The summed E-state index contributed by atoms with van der Waals surface area (Å²) in [7, 11) is 1.52. The second-order valence-electron chi connectivity index (χ2n) is 7.42. The molecule has 0 aliphatic carbocycles. The SMILES string of the molecule is CCCCN1C(=O)/C(=C/c2cc(Br)c(OCC(=O)Nc3ccc(C)cc3)c(OC)c2)SC1=S. The number of carbonyl (C=O) groups excluding carboxylic acids is 2. The molecule has 1 aliphatic heterocycles. The maximum atomic E-state index is 12.7. The van der Waals surface area contributed by atoms with Gasteiger partial charge in [0.2, 0.25) is 0 Å². The maximum absolute atomic E-state index is 12.7. The van der Waals surface area contributed by atoms with E-state index in [-0.39, 0.29) is 18.4 Å². The van der Waals surface area contributed by atoms with E-state index >= 15 is 0 Å². The van der Waals surface area contributed by atoms with Gasteiger partial charge in [-0.05, 0) is 65.2 Å². The van der Waals surface area contributed by atoms with Crippen molar-refractivity contribution in [2.75, 3.05) is 25.6 Å². The van der Waals surface area contributed by atoms with Crippen LogP contribution in [0.4, 0.5) is 5.69 Å². The largest absolute Gasteiger partial charge is 0.493 e. The molecule has 6 nitrogen and oxygen atoms in total. The van der Waals surface area contributed by atoms with Crippen molar-refractivity contribution in [3.05, 3.63) is 56.9 Å². The van der Waals surface area contributed by atoms with Crippen molar-refractivity contribution in [1.82, 2.24) is 4.90 Å².